The Balaban J connectivity index is 1.90. The number of carbonyl (C=O) groups excluding carboxylic acids is 1. The smallest absolute Gasteiger partial charge is 0.168 e. The monoisotopic (exact) mass is 237 g/mol. The lowest BCUT2D eigenvalue weighted by molar-refractivity contribution is 0.0959. The molecule has 88 valence electrons. The van der Waals surface area contributed by atoms with E-state index in [1.807, 2.05) is 18.2 Å². The van der Waals surface area contributed by atoms with Crippen molar-refractivity contribution in [2.75, 3.05) is 0 Å². The van der Waals surface area contributed by atoms with E-state index in [9.17, 15) is 10.1 Å². The zero-order valence-corrected chi connectivity index (χ0v) is 9.67. The van der Waals surface area contributed by atoms with Gasteiger partial charge in [-0.2, -0.15) is 5.26 Å². The molecule has 1 saturated carbocycles. The largest absolute Gasteiger partial charge is 0.468 e. The van der Waals surface area contributed by atoms with Crippen LogP contribution in [0, 0.1) is 17.2 Å². The molecule has 0 bridgehead atoms. The Labute approximate surface area is 105 Å². The Kier molecular flexibility index (Phi) is 2.31. The third-order valence-corrected chi connectivity index (χ3v) is 3.50. The highest BCUT2D eigenvalue weighted by Gasteiger charge is 2.62. The van der Waals surface area contributed by atoms with E-state index in [-0.39, 0.29) is 11.7 Å². The van der Waals surface area contributed by atoms with Crippen molar-refractivity contribution >= 4 is 5.78 Å². The molecule has 2 aromatic rings. The summed E-state index contributed by atoms with van der Waals surface area (Å²) in [5, 5.41) is 9.33. The molecule has 0 amide bonds. The number of hydrogen-bond acceptors (Lipinski definition) is 3. The normalized spacial score (nSPS) is 25.4. The topological polar surface area (TPSA) is 54.0 Å². The maximum Gasteiger partial charge on any atom is 0.168 e. The van der Waals surface area contributed by atoms with Gasteiger partial charge in [0.1, 0.15) is 11.2 Å². The SMILES string of the molecule is N#CC1(c2ccco2)CC1C(=O)c1ccccc1. The molecule has 0 saturated heterocycles. The maximum absolute atomic E-state index is 12.3. The Morgan fingerprint density at radius 3 is 2.67 bits per heavy atom. The third kappa shape index (κ3) is 1.46. The van der Waals surface area contributed by atoms with Crippen LogP contribution in [0.3, 0.4) is 0 Å². The first-order chi connectivity index (χ1) is 8.78. The molecule has 18 heavy (non-hydrogen) atoms. The van der Waals surface area contributed by atoms with Gasteiger partial charge in [-0.25, -0.2) is 0 Å². The van der Waals surface area contributed by atoms with Crippen LogP contribution in [0.5, 0.6) is 0 Å². The van der Waals surface area contributed by atoms with Gasteiger partial charge in [0.25, 0.3) is 0 Å². The van der Waals surface area contributed by atoms with Crippen LogP contribution in [-0.2, 0) is 5.41 Å². The molecule has 1 aromatic heterocycles. The van der Waals surface area contributed by atoms with Gasteiger partial charge in [0.15, 0.2) is 5.78 Å². The number of furan rings is 1. The first-order valence-corrected chi connectivity index (χ1v) is 5.82. The number of Topliss-reactive ketones (excluding diaryl/α,β-unsaturated/α-hetero) is 1. The molecule has 1 heterocycles. The van der Waals surface area contributed by atoms with E-state index in [1.165, 1.54) is 6.26 Å². The second-order valence-corrected chi connectivity index (χ2v) is 4.55. The van der Waals surface area contributed by atoms with Crippen LogP contribution < -0.4 is 0 Å². The second-order valence-electron chi connectivity index (χ2n) is 4.55. The molecule has 1 aromatic carbocycles. The lowest BCUT2D eigenvalue weighted by atomic mass is 9.97. The van der Waals surface area contributed by atoms with Crippen LogP contribution in [0.25, 0.3) is 0 Å². The minimum absolute atomic E-state index is 0.0218. The first-order valence-electron chi connectivity index (χ1n) is 5.82. The zero-order chi connectivity index (χ0) is 12.6. The predicted octanol–water partition coefficient (Wildman–Crippen LogP) is 2.94. The van der Waals surface area contributed by atoms with Gasteiger partial charge in [0.2, 0.25) is 0 Å². The summed E-state index contributed by atoms with van der Waals surface area (Å²) in [4.78, 5) is 12.3. The fraction of sp³-hybridized carbons (Fsp3) is 0.200. The van der Waals surface area contributed by atoms with Crippen LogP contribution >= 0.6 is 0 Å². The third-order valence-electron chi connectivity index (χ3n) is 3.50. The summed E-state index contributed by atoms with van der Waals surface area (Å²) in [5.41, 5.74) is -0.0950. The van der Waals surface area contributed by atoms with Crippen molar-refractivity contribution < 1.29 is 9.21 Å². The molecule has 3 rings (SSSR count). The van der Waals surface area contributed by atoms with E-state index in [4.69, 9.17) is 4.42 Å². The Hall–Kier alpha value is -2.34. The summed E-state index contributed by atoms with van der Waals surface area (Å²) in [5.74, 6) is 0.337. The molecule has 0 spiro atoms. The summed E-state index contributed by atoms with van der Waals surface area (Å²) in [6, 6.07) is 14.8. The van der Waals surface area contributed by atoms with Crippen LogP contribution in [0.15, 0.2) is 53.1 Å². The molecule has 1 fully saturated rings. The summed E-state index contributed by atoms with van der Waals surface area (Å²) < 4.78 is 5.29. The number of rotatable bonds is 3. The van der Waals surface area contributed by atoms with E-state index in [1.54, 1.807) is 24.3 Å². The second kappa shape index (κ2) is 3.85. The average molecular weight is 237 g/mol. The van der Waals surface area contributed by atoms with E-state index < -0.39 is 5.41 Å². The first kappa shape index (κ1) is 10.8. The lowest BCUT2D eigenvalue weighted by Gasteiger charge is -2.04. The van der Waals surface area contributed by atoms with Crippen molar-refractivity contribution in [1.29, 1.82) is 5.26 Å². The zero-order valence-electron chi connectivity index (χ0n) is 9.67. The van der Waals surface area contributed by atoms with Crippen molar-refractivity contribution in [2.24, 2.45) is 5.92 Å². The summed E-state index contributed by atoms with van der Waals surface area (Å²) >= 11 is 0. The Morgan fingerprint density at radius 2 is 2.06 bits per heavy atom. The van der Waals surface area contributed by atoms with Crippen LogP contribution in [0.1, 0.15) is 22.5 Å². The van der Waals surface area contributed by atoms with Gasteiger partial charge in [-0.1, -0.05) is 30.3 Å². The molecule has 0 N–H and O–H groups in total. The van der Waals surface area contributed by atoms with Gasteiger partial charge >= 0.3 is 0 Å². The molecule has 0 aliphatic heterocycles. The van der Waals surface area contributed by atoms with Gasteiger partial charge in [-0.3, -0.25) is 4.79 Å². The lowest BCUT2D eigenvalue weighted by Crippen LogP contribution is -2.13. The van der Waals surface area contributed by atoms with Crippen molar-refractivity contribution in [2.45, 2.75) is 11.8 Å². The van der Waals surface area contributed by atoms with Crippen LogP contribution in [0.4, 0.5) is 0 Å². The molecule has 1 aliphatic rings. The number of hydrogen-bond donors (Lipinski definition) is 0. The van der Waals surface area contributed by atoms with Gasteiger partial charge in [-0.15, -0.1) is 0 Å². The van der Waals surface area contributed by atoms with E-state index in [0.717, 1.165) is 0 Å². The maximum atomic E-state index is 12.3. The standard InChI is InChI=1S/C15H11NO2/c16-10-15(13-7-4-8-18-13)9-12(15)14(17)11-5-2-1-3-6-11/h1-8,12H,9H2. The van der Waals surface area contributed by atoms with Gasteiger partial charge < -0.3 is 4.42 Å². The molecule has 0 radical (unpaired) electrons. The summed E-state index contributed by atoms with van der Waals surface area (Å²) in [6.07, 6.45) is 2.08. The van der Waals surface area contributed by atoms with Gasteiger partial charge in [0, 0.05) is 5.56 Å². The van der Waals surface area contributed by atoms with Crippen LogP contribution in [0.2, 0.25) is 0 Å². The van der Waals surface area contributed by atoms with E-state index in [0.29, 0.717) is 17.7 Å². The van der Waals surface area contributed by atoms with Gasteiger partial charge in [0.05, 0.1) is 18.3 Å². The average Bonchev–Trinajstić information content (AvgIpc) is 2.92. The van der Waals surface area contributed by atoms with E-state index in [2.05, 4.69) is 6.07 Å². The number of nitriles is 1. The Morgan fingerprint density at radius 1 is 1.28 bits per heavy atom. The minimum atomic E-state index is -0.754. The molecular formula is C15H11NO2. The van der Waals surface area contributed by atoms with E-state index >= 15 is 0 Å². The number of carbonyl (C=O) groups is 1. The molecule has 3 heteroatoms. The highest BCUT2D eigenvalue weighted by molar-refractivity contribution is 6.01. The van der Waals surface area contributed by atoms with Gasteiger partial charge in [-0.05, 0) is 18.6 Å². The summed E-state index contributed by atoms with van der Waals surface area (Å²) in [6.45, 7) is 0. The number of ketones is 1. The molecule has 1 aliphatic carbocycles. The van der Waals surface area contributed by atoms with Crippen LogP contribution in [-0.4, -0.2) is 5.78 Å². The molecule has 3 nitrogen and oxygen atoms in total. The highest BCUT2D eigenvalue weighted by Crippen LogP contribution is 2.55. The highest BCUT2D eigenvalue weighted by atomic mass is 16.3. The fourth-order valence-electron chi connectivity index (χ4n) is 2.37. The summed E-state index contributed by atoms with van der Waals surface area (Å²) in [7, 11) is 0. The quantitative estimate of drug-likeness (QED) is 0.771. The van der Waals surface area contributed by atoms with Crippen molar-refractivity contribution in [3.63, 3.8) is 0 Å². The van der Waals surface area contributed by atoms with Crippen molar-refractivity contribution in [3.05, 3.63) is 60.1 Å². The predicted molar refractivity (Wildman–Crippen MR) is 64.9 cm³/mol. The molecule has 2 unspecified atom stereocenters. The fourth-order valence-corrected chi connectivity index (χ4v) is 2.37. The van der Waals surface area contributed by atoms with Crippen molar-refractivity contribution in [3.8, 4) is 6.07 Å². The molecular weight excluding hydrogens is 226 g/mol. The number of nitrogens with zero attached hydrogens (tertiary/aromatic N) is 1. The minimum Gasteiger partial charge on any atom is -0.468 e. The Bertz CT molecular complexity index is 610. The molecule has 2 atom stereocenters. The van der Waals surface area contributed by atoms with Crippen molar-refractivity contribution in [1.82, 2.24) is 0 Å². The number of benzene rings is 1.